The fourth-order valence-electron chi connectivity index (χ4n) is 2.46. The van der Waals surface area contributed by atoms with E-state index < -0.39 is 0 Å². The molecule has 23 heavy (non-hydrogen) atoms. The Morgan fingerprint density at radius 2 is 1.83 bits per heavy atom. The zero-order chi connectivity index (χ0) is 17.0. The Balaban J connectivity index is 2.13. The number of ether oxygens (including phenoxy) is 1. The first-order chi connectivity index (χ1) is 10.8. The highest BCUT2D eigenvalue weighted by Gasteiger charge is 2.17. The van der Waals surface area contributed by atoms with Gasteiger partial charge in [-0.05, 0) is 41.0 Å². The maximum absolute atomic E-state index is 11.6. The second-order valence-corrected chi connectivity index (χ2v) is 8.73. The largest absolute Gasteiger partial charge is 0.465 e. The van der Waals surface area contributed by atoms with Gasteiger partial charge in [0.25, 0.3) is 0 Å². The first-order valence-corrected chi connectivity index (χ1v) is 10.0. The van der Waals surface area contributed by atoms with Crippen molar-refractivity contribution in [3.63, 3.8) is 0 Å². The van der Waals surface area contributed by atoms with Crippen LogP contribution in [0.2, 0.25) is 0 Å². The number of thiophene rings is 1. The molecule has 0 saturated heterocycles. The lowest BCUT2D eigenvalue weighted by Crippen LogP contribution is -2.11. The molecule has 4 heteroatoms. The van der Waals surface area contributed by atoms with Gasteiger partial charge >= 0.3 is 5.97 Å². The molecule has 2 rings (SSSR count). The van der Waals surface area contributed by atoms with Gasteiger partial charge in [0.1, 0.15) is 4.88 Å². The van der Waals surface area contributed by atoms with Crippen molar-refractivity contribution in [2.24, 2.45) is 0 Å². The van der Waals surface area contributed by atoms with Crippen LogP contribution in [0.15, 0.2) is 36.4 Å². The van der Waals surface area contributed by atoms with Gasteiger partial charge in [-0.1, -0.05) is 67.6 Å². The molecule has 0 bridgehead atoms. The maximum Gasteiger partial charge on any atom is 0.348 e. The second-order valence-electron chi connectivity index (χ2n) is 6.68. The first-order valence-electron chi connectivity index (χ1n) is 7.68. The fourth-order valence-corrected chi connectivity index (χ4v) is 4.28. The van der Waals surface area contributed by atoms with E-state index in [1.165, 1.54) is 34.5 Å². The number of carbonyl (C=O) groups excluding carboxylic acids is 1. The molecule has 124 valence electrons. The first kappa shape index (κ1) is 18.5. The van der Waals surface area contributed by atoms with Gasteiger partial charge in [0.05, 0.1) is 7.11 Å². The van der Waals surface area contributed by atoms with Crippen molar-refractivity contribution in [1.29, 1.82) is 0 Å². The van der Waals surface area contributed by atoms with Gasteiger partial charge in [0, 0.05) is 9.30 Å². The molecule has 1 aromatic carbocycles. The monoisotopic (exact) mass is 442 g/mol. The average Bonchev–Trinajstić information content (AvgIpc) is 2.99. The topological polar surface area (TPSA) is 26.3 Å². The minimum absolute atomic E-state index is 0.182. The zero-order valence-corrected chi connectivity index (χ0v) is 17.0. The molecule has 0 spiro atoms. The Bertz CT molecular complexity index is 653. The number of hydrogen-bond donors (Lipinski definition) is 0. The third kappa shape index (κ3) is 4.80. The van der Waals surface area contributed by atoms with Crippen LogP contribution in [0.1, 0.15) is 52.4 Å². The van der Waals surface area contributed by atoms with Crippen molar-refractivity contribution < 1.29 is 9.53 Å². The molecule has 0 aliphatic rings. The minimum Gasteiger partial charge on any atom is -0.465 e. The zero-order valence-electron chi connectivity index (χ0n) is 14.1. The predicted molar refractivity (Wildman–Crippen MR) is 106 cm³/mol. The maximum atomic E-state index is 11.6. The van der Waals surface area contributed by atoms with Gasteiger partial charge in [0.15, 0.2) is 0 Å². The highest BCUT2D eigenvalue weighted by molar-refractivity contribution is 14.1. The number of rotatable bonds is 5. The molecule has 0 saturated carbocycles. The van der Waals surface area contributed by atoms with Crippen LogP contribution in [0.25, 0.3) is 0 Å². The third-order valence-corrected chi connectivity index (χ3v) is 6.08. The molecular formula is C19H23IO2S. The Labute approximate surface area is 156 Å². The summed E-state index contributed by atoms with van der Waals surface area (Å²) in [7, 11) is 1.42. The Morgan fingerprint density at radius 3 is 2.35 bits per heavy atom. The Morgan fingerprint density at radius 1 is 1.17 bits per heavy atom. The summed E-state index contributed by atoms with van der Waals surface area (Å²) >= 11 is 3.98. The molecule has 0 N–H and O–H groups in total. The van der Waals surface area contributed by atoms with Gasteiger partial charge in [0.2, 0.25) is 0 Å². The summed E-state index contributed by atoms with van der Waals surface area (Å²) in [5.41, 5.74) is 2.90. The SMILES string of the molecule is COC(=O)c1ccc(CC(CI)c2ccc(C(C)(C)C)cc2)s1. The van der Waals surface area contributed by atoms with Crippen molar-refractivity contribution in [2.75, 3.05) is 11.5 Å². The molecule has 0 radical (unpaired) electrons. The van der Waals surface area contributed by atoms with E-state index in [0.29, 0.717) is 10.8 Å². The van der Waals surface area contributed by atoms with Gasteiger partial charge < -0.3 is 4.74 Å². The smallest absolute Gasteiger partial charge is 0.348 e. The van der Waals surface area contributed by atoms with E-state index in [4.69, 9.17) is 4.74 Å². The van der Waals surface area contributed by atoms with Crippen LogP contribution < -0.4 is 0 Å². The number of esters is 1. The van der Waals surface area contributed by atoms with Gasteiger partial charge in [-0.2, -0.15) is 0 Å². The van der Waals surface area contributed by atoms with Gasteiger partial charge in [-0.3, -0.25) is 0 Å². The normalized spacial score (nSPS) is 12.9. The van der Waals surface area contributed by atoms with Crippen LogP contribution in [0.4, 0.5) is 0 Å². The highest BCUT2D eigenvalue weighted by Crippen LogP contribution is 2.29. The van der Waals surface area contributed by atoms with E-state index in [0.717, 1.165) is 10.8 Å². The van der Waals surface area contributed by atoms with Crippen molar-refractivity contribution in [3.8, 4) is 0 Å². The molecular weight excluding hydrogens is 419 g/mol. The van der Waals surface area contributed by atoms with E-state index in [2.05, 4.69) is 67.6 Å². The van der Waals surface area contributed by atoms with Crippen LogP contribution in [0.5, 0.6) is 0 Å². The molecule has 0 fully saturated rings. The number of benzene rings is 1. The molecule has 1 atom stereocenters. The summed E-state index contributed by atoms with van der Waals surface area (Å²) in [6.45, 7) is 6.70. The average molecular weight is 442 g/mol. The number of hydrogen-bond acceptors (Lipinski definition) is 3. The fraction of sp³-hybridized carbons (Fsp3) is 0.421. The number of carbonyl (C=O) groups is 1. The summed E-state index contributed by atoms with van der Waals surface area (Å²) in [6, 6.07) is 12.9. The van der Waals surface area contributed by atoms with Crippen LogP contribution in [0, 0.1) is 0 Å². The quantitative estimate of drug-likeness (QED) is 0.343. The molecule has 1 unspecified atom stereocenters. The van der Waals surface area contributed by atoms with E-state index in [1.54, 1.807) is 0 Å². The summed E-state index contributed by atoms with van der Waals surface area (Å²) in [5, 5.41) is 0. The molecule has 1 aromatic heterocycles. The lowest BCUT2D eigenvalue weighted by Gasteiger charge is -2.20. The Hall–Kier alpha value is -0.880. The van der Waals surface area contributed by atoms with Crippen molar-refractivity contribution in [1.82, 2.24) is 0 Å². The summed E-state index contributed by atoms with van der Waals surface area (Å²) in [6.07, 6.45) is 0.958. The lowest BCUT2D eigenvalue weighted by molar-refractivity contribution is 0.0606. The molecule has 0 aliphatic heterocycles. The van der Waals surface area contributed by atoms with Crippen molar-refractivity contribution in [2.45, 2.75) is 38.5 Å². The Kier molecular flexibility index (Phi) is 6.26. The molecule has 1 heterocycles. The summed E-state index contributed by atoms with van der Waals surface area (Å²) in [4.78, 5) is 13.5. The van der Waals surface area contributed by atoms with Crippen LogP contribution in [-0.4, -0.2) is 17.5 Å². The van der Waals surface area contributed by atoms with Gasteiger partial charge in [-0.15, -0.1) is 11.3 Å². The predicted octanol–water partition coefficient (Wildman–Crippen LogP) is 5.59. The van der Waals surface area contributed by atoms with Crippen LogP contribution in [-0.2, 0) is 16.6 Å². The van der Waals surface area contributed by atoms with Gasteiger partial charge in [-0.25, -0.2) is 4.79 Å². The lowest BCUT2D eigenvalue weighted by atomic mass is 9.85. The van der Waals surface area contributed by atoms with Crippen molar-refractivity contribution >= 4 is 39.9 Å². The highest BCUT2D eigenvalue weighted by atomic mass is 127. The van der Waals surface area contributed by atoms with E-state index in [-0.39, 0.29) is 11.4 Å². The van der Waals surface area contributed by atoms with Crippen molar-refractivity contribution in [3.05, 3.63) is 57.3 Å². The van der Waals surface area contributed by atoms with Crippen LogP contribution in [0.3, 0.4) is 0 Å². The minimum atomic E-state index is -0.248. The summed E-state index contributed by atoms with van der Waals surface area (Å²) < 4.78 is 5.83. The molecule has 2 nitrogen and oxygen atoms in total. The summed E-state index contributed by atoms with van der Waals surface area (Å²) in [5.74, 6) is 0.218. The molecule has 0 aliphatic carbocycles. The van der Waals surface area contributed by atoms with E-state index >= 15 is 0 Å². The van der Waals surface area contributed by atoms with E-state index in [1.807, 2.05) is 12.1 Å². The van der Waals surface area contributed by atoms with E-state index in [9.17, 15) is 4.79 Å². The number of alkyl halides is 1. The molecule has 0 amide bonds. The number of halogens is 1. The third-order valence-electron chi connectivity index (χ3n) is 3.93. The second kappa shape index (κ2) is 7.79. The standard InChI is InChI=1S/C19H23IO2S/c1-19(2,3)15-7-5-13(6-8-15)14(12-20)11-16-9-10-17(23-16)18(21)22-4/h5-10,14H,11-12H2,1-4H3. The number of methoxy groups -OCH3 is 1. The molecule has 2 aromatic rings. The van der Waals surface area contributed by atoms with Crippen LogP contribution >= 0.6 is 33.9 Å².